The van der Waals surface area contributed by atoms with Crippen molar-refractivity contribution >= 4 is 28.3 Å². The summed E-state index contributed by atoms with van der Waals surface area (Å²) in [7, 11) is 1.28. The van der Waals surface area contributed by atoms with Crippen LogP contribution in [0.5, 0.6) is 0 Å². The highest BCUT2D eigenvalue weighted by atomic mass is 32.1. The van der Waals surface area contributed by atoms with Crippen LogP contribution >= 0.6 is 11.3 Å². The van der Waals surface area contributed by atoms with E-state index in [4.69, 9.17) is 0 Å². The fraction of sp³-hybridized carbons (Fsp3) is 0.312. The Balaban J connectivity index is 1.92. The van der Waals surface area contributed by atoms with Crippen LogP contribution in [0.15, 0.2) is 29.6 Å². The molecule has 0 bridgehead atoms. The molecule has 0 fully saturated rings. The number of carbonyl (C=O) groups excluding carboxylic acids is 2. The Hall–Kier alpha value is -2.49. The van der Waals surface area contributed by atoms with Gasteiger partial charge in [-0.05, 0) is 12.1 Å². The number of hydrogen-bond acceptors (Lipinski definition) is 4. The first-order valence-electron chi connectivity index (χ1n) is 7.46. The molecule has 0 radical (unpaired) electrons. The van der Waals surface area contributed by atoms with E-state index in [0.717, 1.165) is 22.3 Å². The third-order valence-electron chi connectivity index (χ3n) is 3.38. The van der Waals surface area contributed by atoms with Crippen LogP contribution in [0.25, 0.3) is 0 Å². The maximum absolute atomic E-state index is 13.6. The molecule has 1 aromatic carbocycles. The first-order valence-corrected chi connectivity index (χ1v) is 8.34. The molecule has 1 aromatic heterocycles. The number of benzene rings is 1. The van der Waals surface area contributed by atoms with Crippen LogP contribution in [-0.2, 0) is 11.2 Å². The Kier molecular flexibility index (Phi) is 6.30. The van der Waals surface area contributed by atoms with Gasteiger partial charge < -0.3 is 4.90 Å². The Morgan fingerprint density at radius 2 is 1.96 bits per heavy atom. The van der Waals surface area contributed by atoms with Crippen LogP contribution in [-0.4, -0.2) is 41.5 Å². The molecule has 0 saturated carbocycles. The number of aromatic nitrogens is 1. The van der Waals surface area contributed by atoms with Gasteiger partial charge in [-0.2, -0.15) is 13.2 Å². The third-order valence-corrected chi connectivity index (χ3v) is 4.19. The van der Waals surface area contributed by atoms with E-state index in [0.29, 0.717) is 5.69 Å². The molecule has 140 valence electrons. The predicted molar refractivity (Wildman–Crippen MR) is 88.5 cm³/mol. The van der Waals surface area contributed by atoms with Crippen molar-refractivity contribution in [3.63, 3.8) is 0 Å². The summed E-state index contributed by atoms with van der Waals surface area (Å²) in [5.74, 6) is -1.88. The van der Waals surface area contributed by atoms with Crippen molar-refractivity contribution < 1.29 is 27.2 Å². The van der Waals surface area contributed by atoms with Crippen LogP contribution < -0.4 is 5.32 Å². The zero-order chi connectivity index (χ0) is 19.3. The molecular weight excluding hydrogens is 374 g/mol. The lowest BCUT2D eigenvalue weighted by molar-refractivity contribution is -0.143. The van der Waals surface area contributed by atoms with Crippen molar-refractivity contribution in [1.82, 2.24) is 9.88 Å². The van der Waals surface area contributed by atoms with E-state index in [1.165, 1.54) is 30.6 Å². The van der Waals surface area contributed by atoms with Gasteiger partial charge in [0, 0.05) is 19.0 Å². The normalized spacial score (nSPS) is 11.3. The Morgan fingerprint density at radius 1 is 1.27 bits per heavy atom. The molecule has 1 heterocycles. The van der Waals surface area contributed by atoms with Crippen molar-refractivity contribution in [2.45, 2.75) is 19.0 Å². The Bertz CT molecular complexity index is 792. The second-order valence-electron chi connectivity index (χ2n) is 5.44. The summed E-state index contributed by atoms with van der Waals surface area (Å²) in [5.41, 5.74) is 0.162. The second kappa shape index (κ2) is 8.26. The number of nitrogens with one attached hydrogen (secondary N) is 1. The molecule has 2 aromatic rings. The van der Waals surface area contributed by atoms with Gasteiger partial charge in [0.1, 0.15) is 5.82 Å². The maximum Gasteiger partial charge on any atom is 0.390 e. The molecule has 0 unspecified atom stereocenters. The van der Waals surface area contributed by atoms with Crippen molar-refractivity contribution in [3.05, 3.63) is 46.7 Å². The Labute approximate surface area is 150 Å². The molecule has 5 nitrogen and oxygen atoms in total. The van der Waals surface area contributed by atoms with Gasteiger partial charge in [0.05, 0.1) is 24.1 Å². The van der Waals surface area contributed by atoms with Gasteiger partial charge >= 0.3 is 6.18 Å². The van der Waals surface area contributed by atoms with Crippen molar-refractivity contribution in [3.8, 4) is 0 Å². The van der Waals surface area contributed by atoms with Gasteiger partial charge in [-0.1, -0.05) is 12.1 Å². The summed E-state index contributed by atoms with van der Waals surface area (Å²) < 4.78 is 50.1. The van der Waals surface area contributed by atoms with Crippen LogP contribution in [0, 0.1) is 5.82 Å². The minimum Gasteiger partial charge on any atom is -0.345 e. The number of thiazole rings is 1. The number of likely N-dealkylation sites (N-methyl/N-ethyl adjacent to an activating group) is 1. The lowest BCUT2D eigenvalue weighted by atomic mass is 10.2. The largest absolute Gasteiger partial charge is 0.390 e. The number of amides is 2. The van der Waals surface area contributed by atoms with Gasteiger partial charge in [-0.3, -0.25) is 14.9 Å². The summed E-state index contributed by atoms with van der Waals surface area (Å²) in [6.45, 7) is -0.441. The molecule has 26 heavy (non-hydrogen) atoms. The number of rotatable bonds is 6. The summed E-state index contributed by atoms with van der Waals surface area (Å²) in [6.07, 6.45) is -5.62. The fourth-order valence-corrected chi connectivity index (χ4v) is 2.67. The average molecular weight is 389 g/mol. The third kappa shape index (κ3) is 5.80. The van der Waals surface area contributed by atoms with Crippen LogP contribution in [0.2, 0.25) is 0 Å². The van der Waals surface area contributed by atoms with Crippen LogP contribution in [0.4, 0.5) is 22.7 Å². The highest BCUT2D eigenvalue weighted by Gasteiger charge is 2.28. The molecule has 2 amide bonds. The van der Waals surface area contributed by atoms with E-state index in [2.05, 4.69) is 10.3 Å². The first kappa shape index (κ1) is 19.8. The summed E-state index contributed by atoms with van der Waals surface area (Å²) in [5, 5.41) is 4.09. The standard InChI is InChI=1S/C16H15F4N3O2S/c1-23(7-6-16(18,19)20)13(24)8-10-9-26-15(21-10)22-14(25)11-4-2-3-5-12(11)17/h2-5,9H,6-8H2,1H3,(H,21,22,25). The van der Waals surface area contributed by atoms with Gasteiger partial charge in [0.25, 0.3) is 5.91 Å². The van der Waals surface area contributed by atoms with E-state index < -0.39 is 36.8 Å². The number of anilines is 1. The van der Waals surface area contributed by atoms with Crippen molar-refractivity contribution in [1.29, 1.82) is 0 Å². The lowest BCUT2D eigenvalue weighted by Crippen LogP contribution is -2.31. The monoisotopic (exact) mass is 389 g/mol. The van der Waals surface area contributed by atoms with E-state index in [-0.39, 0.29) is 17.1 Å². The number of hydrogen-bond donors (Lipinski definition) is 1. The molecule has 10 heteroatoms. The molecule has 0 saturated heterocycles. The first-order chi connectivity index (χ1) is 12.2. The van der Waals surface area contributed by atoms with E-state index in [9.17, 15) is 27.2 Å². The maximum atomic E-state index is 13.6. The lowest BCUT2D eigenvalue weighted by Gasteiger charge is -2.17. The highest BCUT2D eigenvalue weighted by molar-refractivity contribution is 7.14. The number of alkyl halides is 3. The van der Waals surface area contributed by atoms with Gasteiger partial charge in [-0.15, -0.1) is 11.3 Å². The zero-order valence-corrected chi connectivity index (χ0v) is 14.5. The smallest absolute Gasteiger partial charge is 0.345 e. The molecular formula is C16H15F4N3O2S. The molecule has 0 aliphatic heterocycles. The summed E-state index contributed by atoms with van der Waals surface area (Å²) in [6, 6.07) is 5.44. The van der Waals surface area contributed by atoms with E-state index >= 15 is 0 Å². The van der Waals surface area contributed by atoms with Gasteiger partial charge in [0.15, 0.2) is 5.13 Å². The number of nitrogens with zero attached hydrogens (tertiary/aromatic N) is 2. The molecule has 0 aliphatic carbocycles. The average Bonchev–Trinajstić information content (AvgIpc) is 2.99. The van der Waals surface area contributed by atoms with Crippen LogP contribution in [0.1, 0.15) is 22.5 Å². The Morgan fingerprint density at radius 3 is 2.62 bits per heavy atom. The molecule has 1 N–H and O–H groups in total. The van der Waals surface area contributed by atoms with E-state index in [1.54, 1.807) is 0 Å². The quantitative estimate of drug-likeness (QED) is 0.770. The molecule has 0 spiro atoms. The van der Waals surface area contributed by atoms with Crippen molar-refractivity contribution in [2.24, 2.45) is 0 Å². The zero-order valence-electron chi connectivity index (χ0n) is 13.6. The fourth-order valence-electron chi connectivity index (χ4n) is 1.96. The number of halogens is 4. The highest BCUT2D eigenvalue weighted by Crippen LogP contribution is 2.20. The number of carbonyl (C=O) groups is 2. The van der Waals surface area contributed by atoms with Crippen molar-refractivity contribution in [2.75, 3.05) is 18.9 Å². The minimum atomic E-state index is -4.33. The van der Waals surface area contributed by atoms with E-state index in [1.807, 2.05) is 0 Å². The molecule has 0 atom stereocenters. The second-order valence-corrected chi connectivity index (χ2v) is 6.29. The SMILES string of the molecule is CN(CCC(F)(F)F)C(=O)Cc1csc(NC(=O)c2ccccc2F)n1. The van der Waals surface area contributed by atoms with Crippen LogP contribution in [0.3, 0.4) is 0 Å². The van der Waals surface area contributed by atoms with Gasteiger partial charge in [0.2, 0.25) is 5.91 Å². The minimum absolute atomic E-state index is 0.146. The predicted octanol–water partition coefficient (Wildman–Crippen LogP) is 3.49. The molecule has 2 rings (SSSR count). The summed E-state index contributed by atoms with van der Waals surface area (Å²) >= 11 is 1.03. The topological polar surface area (TPSA) is 62.3 Å². The summed E-state index contributed by atoms with van der Waals surface area (Å²) in [4.78, 5) is 28.9. The van der Waals surface area contributed by atoms with Gasteiger partial charge in [-0.25, -0.2) is 9.37 Å². The molecule has 0 aliphatic rings.